The standard InChI is InChI=1S/C12H16N2O5S2/c1-13-11(15)8-3-5-9(6-4-8)21(18,19)14-10(7-20-2)12(16)17/h3-6,10,14H,7H2,1-2H3,(H,13,15)(H,16,17)/t10-/m0/s1. The molecule has 116 valence electrons. The fraction of sp³-hybridized carbons (Fsp3) is 0.333. The molecule has 1 rings (SSSR count). The summed E-state index contributed by atoms with van der Waals surface area (Å²) in [6.45, 7) is 0. The van der Waals surface area contributed by atoms with Gasteiger partial charge in [0.2, 0.25) is 10.0 Å². The average Bonchev–Trinajstić information content (AvgIpc) is 2.45. The zero-order chi connectivity index (χ0) is 16.0. The molecule has 0 aliphatic carbocycles. The first-order valence-electron chi connectivity index (χ1n) is 5.88. The van der Waals surface area contributed by atoms with Crippen LogP contribution in [0.4, 0.5) is 0 Å². The fourth-order valence-corrected chi connectivity index (χ4v) is 3.36. The molecule has 3 N–H and O–H groups in total. The number of carbonyl (C=O) groups excluding carboxylic acids is 1. The van der Waals surface area contributed by atoms with Gasteiger partial charge in [-0.05, 0) is 30.5 Å². The molecule has 1 amide bonds. The highest BCUT2D eigenvalue weighted by atomic mass is 32.2. The Hall–Kier alpha value is -1.58. The summed E-state index contributed by atoms with van der Waals surface area (Å²) < 4.78 is 26.3. The number of carboxylic acids is 1. The average molecular weight is 332 g/mol. The molecular formula is C12H16N2O5S2. The van der Waals surface area contributed by atoms with Crippen LogP contribution in [0.5, 0.6) is 0 Å². The monoisotopic (exact) mass is 332 g/mol. The minimum atomic E-state index is -3.95. The lowest BCUT2D eigenvalue weighted by atomic mass is 10.2. The quantitative estimate of drug-likeness (QED) is 0.655. The van der Waals surface area contributed by atoms with Gasteiger partial charge in [-0.2, -0.15) is 16.5 Å². The van der Waals surface area contributed by atoms with Crippen LogP contribution in [-0.4, -0.2) is 50.5 Å². The van der Waals surface area contributed by atoms with Crippen molar-refractivity contribution in [2.45, 2.75) is 10.9 Å². The topological polar surface area (TPSA) is 113 Å². The summed E-state index contributed by atoms with van der Waals surface area (Å²) in [5.74, 6) is -1.46. The second kappa shape index (κ2) is 7.43. The van der Waals surface area contributed by atoms with E-state index in [-0.39, 0.29) is 16.6 Å². The Bertz CT molecular complexity index is 613. The van der Waals surface area contributed by atoms with Gasteiger partial charge in [-0.25, -0.2) is 8.42 Å². The van der Waals surface area contributed by atoms with Crippen LogP contribution in [0.3, 0.4) is 0 Å². The van der Waals surface area contributed by atoms with Gasteiger partial charge < -0.3 is 10.4 Å². The van der Waals surface area contributed by atoms with E-state index in [4.69, 9.17) is 5.11 Å². The molecule has 0 saturated carbocycles. The van der Waals surface area contributed by atoms with Crippen molar-refractivity contribution in [1.29, 1.82) is 0 Å². The second-order valence-electron chi connectivity index (χ2n) is 4.07. The van der Waals surface area contributed by atoms with Gasteiger partial charge in [0.15, 0.2) is 0 Å². The number of hydrogen-bond acceptors (Lipinski definition) is 5. The summed E-state index contributed by atoms with van der Waals surface area (Å²) in [6.07, 6.45) is 1.68. The van der Waals surface area contributed by atoms with Crippen molar-refractivity contribution in [2.75, 3.05) is 19.1 Å². The SMILES string of the molecule is CNC(=O)c1ccc(S(=O)(=O)N[C@@H](CSC)C(=O)O)cc1. The minimum Gasteiger partial charge on any atom is -0.480 e. The number of carbonyl (C=O) groups is 2. The lowest BCUT2D eigenvalue weighted by Crippen LogP contribution is -2.42. The smallest absolute Gasteiger partial charge is 0.322 e. The van der Waals surface area contributed by atoms with E-state index in [9.17, 15) is 18.0 Å². The maximum absolute atomic E-state index is 12.1. The van der Waals surface area contributed by atoms with Crippen molar-refractivity contribution in [3.8, 4) is 0 Å². The molecule has 9 heteroatoms. The molecule has 0 spiro atoms. The summed E-state index contributed by atoms with van der Waals surface area (Å²) in [5, 5.41) is 11.4. The molecule has 0 unspecified atom stereocenters. The van der Waals surface area contributed by atoms with Crippen molar-refractivity contribution in [3.05, 3.63) is 29.8 Å². The number of carboxylic acid groups (broad SMARTS) is 1. The third kappa shape index (κ3) is 4.73. The molecule has 0 radical (unpaired) electrons. The summed E-state index contributed by atoms with van der Waals surface area (Å²) in [6, 6.07) is 4.02. The first kappa shape index (κ1) is 17.5. The van der Waals surface area contributed by atoms with Gasteiger partial charge in [-0.15, -0.1) is 0 Å². The summed E-state index contributed by atoms with van der Waals surface area (Å²) >= 11 is 1.22. The first-order valence-corrected chi connectivity index (χ1v) is 8.75. The van der Waals surface area contributed by atoms with Crippen LogP contribution < -0.4 is 10.0 Å². The van der Waals surface area contributed by atoms with Gasteiger partial charge in [0, 0.05) is 18.4 Å². The van der Waals surface area contributed by atoms with E-state index in [2.05, 4.69) is 10.0 Å². The van der Waals surface area contributed by atoms with Crippen molar-refractivity contribution in [1.82, 2.24) is 10.0 Å². The molecule has 0 fully saturated rings. The molecule has 1 aromatic carbocycles. The maximum Gasteiger partial charge on any atom is 0.322 e. The zero-order valence-electron chi connectivity index (χ0n) is 11.5. The van der Waals surface area contributed by atoms with Gasteiger partial charge in [-0.1, -0.05) is 0 Å². The predicted octanol–water partition coefficient (Wildman–Crippen LogP) is 0.141. The molecule has 1 atom stereocenters. The molecule has 0 saturated heterocycles. The molecule has 1 aromatic rings. The number of benzene rings is 1. The van der Waals surface area contributed by atoms with E-state index in [0.717, 1.165) is 0 Å². The highest BCUT2D eigenvalue weighted by Crippen LogP contribution is 2.12. The Morgan fingerprint density at radius 2 is 1.86 bits per heavy atom. The number of aliphatic carboxylic acids is 1. The van der Waals surface area contributed by atoms with E-state index < -0.39 is 22.0 Å². The Labute approximate surface area is 127 Å². The van der Waals surface area contributed by atoms with Crippen LogP contribution in [0.2, 0.25) is 0 Å². The highest BCUT2D eigenvalue weighted by Gasteiger charge is 2.25. The second-order valence-corrected chi connectivity index (χ2v) is 6.70. The van der Waals surface area contributed by atoms with E-state index in [0.29, 0.717) is 5.56 Å². The Morgan fingerprint density at radius 1 is 1.29 bits per heavy atom. The molecule has 21 heavy (non-hydrogen) atoms. The highest BCUT2D eigenvalue weighted by molar-refractivity contribution is 7.98. The van der Waals surface area contributed by atoms with Gasteiger partial charge in [-0.3, -0.25) is 9.59 Å². The molecule has 0 aliphatic rings. The summed E-state index contributed by atoms with van der Waals surface area (Å²) in [4.78, 5) is 22.3. The molecule has 0 aliphatic heterocycles. The Balaban J connectivity index is 2.97. The normalized spacial score (nSPS) is 12.7. The fourth-order valence-electron chi connectivity index (χ4n) is 1.51. The van der Waals surface area contributed by atoms with Crippen molar-refractivity contribution >= 4 is 33.7 Å². The van der Waals surface area contributed by atoms with Crippen LogP contribution in [0.15, 0.2) is 29.2 Å². The van der Waals surface area contributed by atoms with Crippen LogP contribution in [-0.2, 0) is 14.8 Å². The third-order valence-corrected chi connectivity index (χ3v) is 4.74. The number of rotatable bonds is 7. The van der Waals surface area contributed by atoms with E-state index >= 15 is 0 Å². The molecule has 0 heterocycles. The van der Waals surface area contributed by atoms with E-state index in [1.807, 2.05) is 0 Å². The summed E-state index contributed by atoms with van der Waals surface area (Å²) in [5.41, 5.74) is 0.315. The number of nitrogens with one attached hydrogen (secondary N) is 2. The van der Waals surface area contributed by atoms with E-state index in [1.54, 1.807) is 6.26 Å². The van der Waals surface area contributed by atoms with Crippen LogP contribution in [0.25, 0.3) is 0 Å². The predicted molar refractivity (Wildman–Crippen MR) is 80.0 cm³/mol. The maximum atomic E-state index is 12.1. The van der Waals surface area contributed by atoms with Gasteiger partial charge in [0.05, 0.1) is 4.90 Å². The number of hydrogen-bond donors (Lipinski definition) is 3. The largest absolute Gasteiger partial charge is 0.480 e. The van der Waals surface area contributed by atoms with Crippen LogP contribution in [0.1, 0.15) is 10.4 Å². The lowest BCUT2D eigenvalue weighted by Gasteiger charge is -2.13. The van der Waals surface area contributed by atoms with Crippen molar-refractivity contribution in [3.63, 3.8) is 0 Å². The Morgan fingerprint density at radius 3 is 2.29 bits per heavy atom. The van der Waals surface area contributed by atoms with Crippen molar-refractivity contribution in [2.24, 2.45) is 0 Å². The lowest BCUT2D eigenvalue weighted by molar-refractivity contribution is -0.138. The third-order valence-electron chi connectivity index (χ3n) is 2.58. The molecule has 0 aromatic heterocycles. The zero-order valence-corrected chi connectivity index (χ0v) is 13.1. The first-order chi connectivity index (χ1) is 9.81. The summed E-state index contributed by atoms with van der Waals surface area (Å²) in [7, 11) is -2.49. The van der Waals surface area contributed by atoms with Crippen LogP contribution >= 0.6 is 11.8 Å². The van der Waals surface area contributed by atoms with Gasteiger partial charge >= 0.3 is 5.97 Å². The number of amides is 1. The van der Waals surface area contributed by atoms with Crippen LogP contribution in [0, 0.1) is 0 Å². The van der Waals surface area contributed by atoms with Gasteiger partial charge in [0.25, 0.3) is 5.91 Å². The Kier molecular flexibility index (Phi) is 6.19. The van der Waals surface area contributed by atoms with Gasteiger partial charge in [0.1, 0.15) is 6.04 Å². The van der Waals surface area contributed by atoms with E-state index in [1.165, 1.54) is 43.1 Å². The molecular weight excluding hydrogens is 316 g/mol. The van der Waals surface area contributed by atoms with Crippen molar-refractivity contribution < 1.29 is 23.1 Å². The number of thioether (sulfide) groups is 1. The number of sulfonamides is 1. The minimum absolute atomic E-state index is 0.0949. The molecule has 7 nitrogen and oxygen atoms in total. The molecule has 0 bridgehead atoms.